The Hall–Kier alpha value is -0.450. The molecule has 0 unspecified atom stereocenters. The fraction of sp³-hybridized carbons (Fsp3) is 0.0833. The molecular weight excluding hydrogens is 352 g/mol. The molecule has 1 aromatic carbocycles. The zero-order chi connectivity index (χ0) is 11.7. The smallest absolute Gasteiger partial charge is 0.204 e. The molecule has 4 heteroatoms. The predicted molar refractivity (Wildman–Crippen MR) is 74.3 cm³/mol. The molecule has 1 nitrogen and oxygen atoms in total. The summed E-state index contributed by atoms with van der Waals surface area (Å²) in [6.45, 7) is 1.95. The van der Waals surface area contributed by atoms with Crippen LogP contribution in [-0.4, -0.2) is 5.78 Å². The van der Waals surface area contributed by atoms with Crippen molar-refractivity contribution in [1.82, 2.24) is 0 Å². The normalized spacial score (nSPS) is 10.4. The summed E-state index contributed by atoms with van der Waals surface area (Å²) in [4.78, 5) is 13.1. The third-order valence-corrected chi connectivity index (χ3v) is 4.44. The maximum Gasteiger partial charge on any atom is 0.204 e. The summed E-state index contributed by atoms with van der Waals surface area (Å²) in [7, 11) is 0. The molecule has 0 aliphatic heterocycles. The van der Waals surface area contributed by atoms with Crippen molar-refractivity contribution in [2.24, 2.45) is 0 Å². The second kappa shape index (κ2) is 4.82. The van der Waals surface area contributed by atoms with Gasteiger partial charge in [-0.15, -0.1) is 11.3 Å². The van der Waals surface area contributed by atoms with E-state index in [1.807, 2.05) is 36.6 Å². The van der Waals surface area contributed by atoms with Gasteiger partial charge in [0.15, 0.2) is 0 Å². The van der Waals surface area contributed by atoms with Crippen LogP contribution in [0, 0.1) is 6.92 Å². The molecule has 0 N–H and O–H groups in total. The lowest BCUT2D eigenvalue weighted by molar-refractivity contribution is 0.104. The van der Waals surface area contributed by atoms with Gasteiger partial charge in [0.05, 0.1) is 4.88 Å². The van der Waals surface area contributed by atoms with Crippen molar-refractivity contribution in [2.75, 3.05) is 0 Å². The summed E-state index contributed by atoms with van der Waals surface area (Å²) in [5.74, 6) is 0.0701. The topological polar surface area (TPSA) is 17.1 Å². The van der Waals surface area contributed by atoms with E-state index in [4.69, 9.17) is 0 Å². The highest BCUT2D eigenvalue weighted by Gasteiger charge is 2.16. The summed E-state index contributed by atoms with van der Waals surface area (Å²) in [6, 6.07) is 7.58. The Morgan fingerprint density at radius 1 is 1.25 bits per heavy atom. The fourth-order valence-corrected chi connectivity index (χ4v) is 3.07. The average molecular weight is 360 g/mol. The number of hydrogen-bond donors (Lipinski definition) is 0. The van der Waals surface area contributed by atoms with E-state index in [0.717, 1.165) is 19.4 Å². The molecule has 0 radical (unpaired) electrons. The number of thiophene rings is 1. The van der Waals surface area contributed by atoms with Gasteiger partial charge < -0.3 is 0 Å². The standard InChI is InChI=1S/C12H8Br2OS/c1-7-4-5-16-12(7)11(15)9-6-8(13)2-3-10(9)14/h2-6H,1H3. The molecule has 2 rings (SSSR count). The van der Waals surface area contributed by atoms with Crippen LogP contribution < -0.4 is 0 Å². The number of benzene rings is 1. The predicted octanol–water partition coefficient (Wildman–Crippen LogP) is 4.81. The summed E-state index contributed by atoms with van der Waals surface area (Å²) >= 11 is 8.26. The van der Waals surface area contributed by atoms with E-state index >= 15 is 0 Å². The number of carbonyl (C=O) groups is 1. The van der Waals surface area contributed by atoms with Crippen LogP contribution in [0.25, 0.3) is 0 Å². The summed E-state index contributed by atoms with van der Waals surface area (Å²) in [6.07, 6.45) is 0. The number of ketones is 1. The number of aryl methyl sites for hydroxylation is 1. The minimum Gasteiger partial charge on any atom is -0.288 e. The Kier molecular flexibility index (Phi) is 3.62. The van der Waals surface area contributed by atoms with Crippen molar-refractivity contribution in [1.29, 1.82) is 0 Å². The Morgan fingerprint density at radius 3 is 2.62 bits per heavy atom. The quantitative estimate of drug-likeness (QED) is 0.703. The van der Waals surface area contributed by atoms with Crippen molar-refractivity contribution < 1.29 is 4.79 Å². The molecule has 0 atom stereocenters. The van der Waals surface area contributed by atoms with Crippen LogP contribution in [0.15, 0.2) is 38.6 Å². The number of hydrogen-bond acceptors (Lipinski definition) is 2. The van der Waals surface area contributed by atoms with Crippen LogP contribution in [0.5, 0.6) is 0 Å². The van der Waals surface area contributed by atoms with Gasteiger partial charge in [0, 0.05) is 14.5 Å². The van der Waals surface area contributed by atoms with Gasteiger partial charge in [0.25, 0.3) is 0 Å². The molecule has 1 heterocycles. The van der Waals surface area contributed by atoms with Crippen molar-refractivity contribution in [3.8, 4) is 0 Å². The molecule has 0 fully saturated rings. The van der Waals surface area contributed by atoms with Crippen molar-refractivity contribution in [2.45, 2.75) is 6.92 Å². The van der Waals surface area contributed by atoms with E-state index in [1.165, 1.54) is 11.3 Å². The van der Waals surface area contributed by atoms with Gasteiger partial charge >= 0.3 is 0 Å². The van der Waals surface area contributed by atoms with Gasteiger partial charge in [-0.1, -0.05) is 31.9 Å². The first kappa shape index (κ1) is 12.0. The molecule has 0 spiro atoms. The Morgan fingerprint density at radius 2 is 2.00 bits per heavy atom. The van der Waals surface area contributed by atoms with E-state index in [1.54, 1.807) is 0 Å². The minimum atomic E-state index is 0.0701. The van der Waals surface area contributed by atoms with E-state index in [0.29, 0.717) is 5.56 Å². The maximum atomic E-state index is 12.3. The molecule has 0 saturated carbocycles. The van der Waals surface area contributed by atoms with Crippen molar-refractivity contribution in [3.05, 3.63) is 54.6 Å². The van der Waals surface area contributed by atoms with Gasteiger partial charge in [0.2, 0.25) is 5.78 Å². The molecular formula is C12H8Br2OS. The van der Waals surface area contributed by atoms with Crippen molar-refractivity contribution in [3.63, 3.8) is 0 Å². The number of rotatable bonds is 2. The number of halogens is 2. The van der Waals surface area contributed by atoms with Gasteiger partial charge in [0.1, 0.15) is 0 Å². The van der Waals surface area contributed by atoms with Gasteiger partial charge in [-0.3, -0.25) is 4.79 Å². The second-order valence-corrected chi connectivity index (χ2v) is 6.07. The largest absolute Gasteiger partial charge is 0.288 e. The fourth-order valence-electron chi connectivity index (χ4n) is 1.40. The zero-order valence-electron chi connectivity index (χ0n) is 8.46. The molecule has 1 aromatic heterocycles. The summed E-state index contributed by atoms with van der Waals surface area (Å²) in [5.41, 5.74) is 1.72. The first-order valence-electron chi connectivity index (χ1n) is 4.63. The molecule has 82 valence electrons. The first-order chi connectivity index (χ1) is 7.59. The Labute approximate surface area is 115 Å². The van der Waals surface area contributed by atoms with E-state index in [-0.39, 0.29) is 5.78 Å². The lowest BCUT2D eigenvalue weighted by Gasteiger charge is -2.03. The average Bonchev–Trinajstić information content (AvgIpc) is 2.67. The first-order valence-corrected chi connectivity index (χ1v) is 7.10. The molecule has 0 aliphatic carbocycles. The van der Waals surface area contributed by atoms with Crippen LogP contribution in [-0.2, 0) is 0 Å². The second-order valence-electron chi connectivity index (χ2n) is 3.39. The van der Waals surface area contributed by atoms with Crippen LogP contribution in [0.1, 0.15) is 20.8 Å². The monoisotopic (exact) mass is 358 g/mol. The van der Waals surface area contributed by atoms with Gasteiger partial charge in [-0.25, -0.2) is 0 Å². The third-order valence-electron chi connectivity index (χ3n) is 2.24. The lowest BCUT2D eigenvalue weighted by atomic mass is 10.1. The maximum absolute atomic E-state index is 12.3. The van der Waals surface area contributed by atoms with E-state index in [2.05, 4.69) is 31.9 Å². The number of carbonyl (C=O) groups excluding carboxylic acids is 1. The molecule has 0 aliphatic rings. The summed E-state index contributed by atoms with van der Waals surface area (Å²) in [5, 5.41) is 1.94. The van der Waals surface area contributed by atoms with Gasteiger partial charge in [-0.2, -0.15) is 0 Å². The minimum absolute atomic E-state index is 0.0701. The SMILES string of the molecule is Cc1ccsc1C(=O)c1cc(Br)ccc1Br. The Balaban J connectivity index is 2.49. The van der Waals surface area contributed by atoms with E-state index in [9.17, 15) is 4.79 Å². The van der Waals surface area contributed by atoms with Crippen LogP contribution in [0.2, 0.25) is 0 Å². The third kappa shape index (κ3) is 2.29. The zero-order valence-corrected chi connectivity index (χ0v) is 12.4. The van der Waals surface area contributed by atoms with Crippen molar-refractivity contribution >= 4 is 49.0 Å². The summed E-state index contributed by atoms with van der Waals surface area (Å²) < 4.78 is 1.74. The van der Waals surface area contributed by atoms with Gasteiger partial charge in [-0.05, 0) is 42.1 Å². The van der Waals surface area contributed by atoms with E-state index < -0.39 is 0 Å². The lowest BCUT2D eigenvalue weighted by Crippen LogP contribution is -2.01. The highest BCUT2D eigenvalue weighted by molar-refractivity contribution is 9.11. The molecule has 0 saturated heterocycles. The van der Waals surface area contributed by atoms with Crippen LogP contribution >= 0.6 is 43.2 Å². The highest BCUT2D eigenvalue weighted by atomic mass is 79.9. The molecule has 0 amide bonds. The molecule has 2 aromatic rings. The highest BCUT2D eigenvalue weighted by Crippen LogP contribution is 2.27. The Bertz CT molecular complexity index is 546. The molecule has 16 heavy (non-hydrogen) atoms. The van der Waals surface area contributed by atoms with Crippen LogP contribution in [0.4, 0.5) is 0 Å². The van der Waals surface area contributed by atoms with Crippen LogP contribution in [0.3, 0.4) is 0 Å². The molecule has 0 bridgehead atoms.